The van der Waals surface area contributed by atoms with Gasteiger partial charge in [0.25, 0.3) is 0 Å². The molecule has 0 spiro atoms. The summed E-state index contributed by atoms with van der Waals surface area (Å²) >= 11 is 0. The van der Waals surface area contributed by atoms with Crippen LogP contribution in [0.2, 0.25) is 0 Å². The van der Waals surface area contributed by atoms with E-state index >= 15 is 0 Å². The fraction of sp³-hybridized carbons (Fsp3) is 0.364. The molecule has 0 unspecified atom stereocenters. The van der Waals surface area contributed by atoms with Gasteiger partial charge in [-0.2, -0.15) is 0 Å². The highest BCUT2D eigenvalue weighted by molar-refractivity contribution is 7.90. The Hall–Kier alpha value is -1.56. The fourth-order valence-electron chi connectivity index (χ4n) is 1.33. The third-order valence-electron chi connectivity index (χ3n) is 2.42. The lowest BCUT2D eigenvalue weighted by molar-refractivity contribution is 0.601. The third kappa shape index (κ3) is 4.44. The summed E-state index contributed by atoms with van der Waals surface area (Å²) in [6, 6.07) is 7.13. The maximum atomic E-state index is 11.0. The molecule has 0 radical (unpaired) electrons. The van der Waals surface area contributed by atoms with Crippen molar-refractivity contribution in [3.8, 4) is 0 Å². The largest absolute Gasteiger partial charge is 0.384 e. The van der Waals surface area contributed by atoms with Gasteiger partial charge in [-0.15, -0.1) is 0 Å². The Labute approximate surface area is 102 Å². The summed E-state index contributed by atoms with van der Waals surface area (Å²) in [5, 5.41) is 7.26. The third-order valence-corrected chi connectivity index (χ3v) is 3.34. The Balaban J connectivity index is 2.70. The lowest BCUT2D eigenvalue weighted by atomic mass is 10.2. The molecule has 0 aromatic heterocycles. The zero-order valence-electron chi connectivity index (χ0n) is 9.97. The minimum Gasteiger partial charge on any atom is -0.384 e. The van der Waals surface area contributed by atoms with Crippen LogP contribution in [-0.4, -0.2) is 39.9 Å². The molecule has 0 amide bonds. The number of hydrogen-bond donors (Lipinski definition) is 2. The number of nitrogen functional groups attached to an aromatic ring is 1. The molecular weight excluding hydrogens is 238 g/mol. The molecule has 0 fully saturated rings. The highest BCUT2D eigenvalue weighted by atomic mass is 32.2. The molecule has 1 rings (SSSR count). The average molecular weight is 255 g/mol. The first-order valence-electron chi connectivity index (χ1n) is 5.13. The topological polar surface area (TPSA) is 87.2 Å². The van der Waals surface area contributed by atoms with Crippen molar-refractivity contribution in [2.24, 2.45) is 5.73 Å². The quantitative estimate of drug-likeness (QED) is 0.591. The van der Waals surface area contributed by atoms with Crippen molar-refractivity contribution >= 4 is 21.4 Å². The van der Waals surface area contributed by atoms with E-state index in [2.05, 4.69) is 0 Å². The summed E-state index contributed by atoms with van der Waals surface area (Å²) in [6.07, 6.45) is 1.22. The molecule has 94 valence electrons. The second kappa shape index (κ2) is 5.18. The van der Waals surface area contributed by atoms with Gasteiger partial charge in [-0.05, 0) is 24.3 Å². The smallest absolute Gasteiger partial charge is 0.149 e. The summed E-state index contributed by atoms with van der Waals surface area (Å²) in [7, 11) is -1.12. The lowest BCUT2D eigenvalue weighted by Crippen LogP contribution is -2.24. The van der Waals surface area contributed by atoms with Crippen molar-refractivity contribution in [1.29, 1.82) is 5.41 Å². The van der Waals surface area contributed by atoms with Crippen LogP contribution in [0, 0.1) is 5.41 Å². The Bertz CT molecular complexity index is 494. The zero-order chi connectivity index (χ0) is 13.1. The lowest BCUT2D eigenvalue weighted by Gasteiger charge is -2.18. The van der Waals surface area contributed by atoms with E-state index in [-0.39, 0.29) is 11.6 Å². The summed E-state index contributed by atoms with van der Waals surface area (Å²) in [5.41, 5.74) is 6.91. The fourth-order valence-corrected chi connectivity index (χ4v) is 1.93. The molecule has 0 atom stereocenters. The molecule has 5 nitrogen and oxygen atoms in total. The Morgan fingerprint density at radius 1 is 1.35 bits per heavy atom. The highest BCUT2D eigenvalue weighted by Crippen LogP contribution is 2.13. The van der Waals surface area contributed by atoms with Gasteiger partial charge >= 0.3 is 0 Å². The predicted molar refractivity (Wildman–Crippen MR) is 70.4 cm³/mol. The normalized spacial score (nSPS) is 11.2. The number of anilines is 1. The highest BCUT2D eigenvalue weighted by Gasteiger charge is 2.06. The van der Waals surface area contributed by atoms with Crippen LogP contribution in [0.25, 0.3) is 0 Å². The van der Waals surface area contributed by atoms with E-state index in [1.54, 1.807) is 12.1 Å². The van der Waals surface area contributed by atoms with Gasteiger partial charge < -0.3 is 10.6 Å². The number of amidine groups is 1. The monoisotopic (exact) mass is 255 g/mol. The summed E-state index contributed by atoms with van der Waals surface area (Å²) < 4.78 is 22.1. The number of nitrogens with zero attached hydrogens (tertiary/aromatic N) is 1. The minimum atomic E-state index is -2.94. The van der Waals surface area contributed by atoms with Crippen molar-refractivity contribution in [2.75, 3.05) is 30.5 Å². The Morgan fingerprint density at radius 3 is 2.29 bits per heavy atom. The van der Waals surface area contributed by atoms with E-state index in [1.165, 1.54) is 6.26 Å². The second-order valence-electron chi connectivity index (χ2n) is 4.01. The van der Waals surface area contributed by atoms with E-state index in [0.29, 0.717) is 12.1 Å². The van der Waals surface area contributed by atoms with Gasteiger partial charge in [0.15, 0.2) is 0 Å². The van der Waals surface area contributed by atoms with Crippen molar-refractivity contribution in [2.45, 2.75) is 0 Å². The van der Waals surface area contributed by atoms with Crippen LogP contribution in [0.3, 0.4) is 0 Å². The molecule has 17 heavy (non-hydrogen) atoms. The first-order chi connectivity index (χ1) is 7.79. The molecule has 0 heterocycles. The maximum Gasteiger partial charge on any atom is 0.149 e. The zero-order valence-corrected chi connectivity index (χ0v) is 10.8. The van der Waals surface area contributed by atoms with Gasteiger partial charge in [-0.25, -0.2) is 8.42 Å². The first kappa shape index (κ1) is 13.5. The van der Waals surface area contributed by atoms with Gasteiger partial charge in [-0.1, -0.05) is 0 Å². The molecule has 0 aliphatic heterocycles. The average Bonchev–Trinajstić information content (AvgIpc) is 2.25. The van der Waals surface area contributed by atoms with Crippen molar-refractivity contribution in [1.82, 2.24) is 0 Å². The van der Waals surface area contributed by atoms with Gasteiger partial charge in [-0.3, -0.25) is 5.41 Å². The van der Waals surface area contributed by atoms with Crippen LogP contribution in [0.5, 0.6) is 0 Å². The number of rotatable bonds is 5. The van der Waals surface area contributed by atoms with Gasteiger partial charge in [0, 0.05) is 31.1 Å². The molecule has 0 saturated heterocycles. The predicted octanol–water partition coefficient (Wildman–Crippen LogP) is 0.451. The van der Waals surface area contributed by atoms with Crippen LogP contribution in [0.15, 0.2) is 24.3 Å². The summed E-state index contributed by atoms with van der Waals surface area (Å²) in [4.78, 5) is 1.85. The molecule has 3 N–H and O–H groups in total. The molecule has 1 aromatic rings. The van der Waals surface area contributed by atoms with E-state index in [0.717, 1.165) is 5.69 Å². The standard InChI is InChI=1S/C11H17N3O2S/c1-14(7-8-17(2,15)16)10-5-3-9(4-6-10)11(12)13/h3-6H,7-8H2,1-2H3,(H3,12,13). The first-order valence-corrected chi connectivity index (χ1v) is 7.19. The summed E-state index contributed by atoms with van der Waals surface area (Å²) in [5.74, 6) is 0.146. The van der Waals surface area contributed by atoms with Crippen LogP contribution < -0.4 is 10.6 Å². The van der Waals surface area contributed by atoms with Crippen molar-refractivity contribution in [3.05, 3.63) is 29.8 Å². The number of benzene rings is 1. The Kier molecular flexibility index (Phi) is 4.11. The molecule has 6 heteroatoms. The van der Waals surface area contributed by atoms with Crippen molar-refractivity contribution in [3.63, 3.8) is 0 Å². The molecule has 0 aliphatic carbocycles. The van der Waals surface area contributed by atoms with Crippen LogP contribution >= 0.6 is 0 Å². The minimum absolute atomic E-state index is 0.0235. The van der Waals surface area contributed by atoms with Gasteiger partial charge in [0.2, 0.25) is 0 Å². The molecular formula is C11H17N3O2S. The number of nitrogens with two attached hydrogens (primary N) is 1. The number of nitrogens with one attached hydrogen (secondary N) is 1. The maximum absolute atomic E-state index is 11.0. The molecule has 0 saturated carbocycles. The Morgan fingerprint density at radius 2 is 1.88 bits per heavy atom. The van der Waals surface area contributed by atoms with Crippen LogP contribution in [0.1, 0.15) is 5.56 Å². The van der Waals surface area contributed by atoms with Crippen LogP contribution in [0.4, 0.5) is 5.69 Å². The van der Waals surface area contributed by atoms with E-state index in [1.807, 2.05) is 24.1 Å². The number of hydrogen-bond acceptors (Lipinski definition) is 4. The van der Waals surface area contributed by atoms with E-state index in [4.69, 9.17) is 11.1 Å². The molecule has 0 bridgehead atoms. The van der Waals surface area contributed by atoms with Crippen LogP contribution in [-0.2, 0) is 9.84 Å². The van der Waals surface area contributed by atoms with Gasteiger partial charge in [0.05, 0.1) is 5.75 Å². The number of sulfone groups is 1. The summed E-state index contributed by atoms with van der Waals surface area (Å²) in [6.45, 7) is 0.443. The molecule has 1 aromatic carbocycles. The van der Waals surface area contributed by atoms with Gasteiger partial charge in [0.1, 0.15) is 15.7 Å². The second-order valence-corrected chi connectivity index (χ2v) is 6.27. The SMILES string of the molecule is CN(CCS(C)(=O)=O)c1ccc(C(=N)N)cc1. The molecule has 0 aliphatic rings. The van der Waals surface area contributed by atoms with E-state index < -0.39 is 9.84 Å². The van der Waals surface area contributed by atoms with Crippen molar-refractivity contribution < 1.29 is 8.42 Å². The van der Waals surface area contributed by atoms with E-state index in [9.17, 15) is 8.42 Å².